The molecule has 0 bridgehead atoms. The second-order valence-corrected chi connectivity index (χ2v) is 4.36. The van der Waals surface area contributed by atoms with Gasteiger partial charge in [-0.1, -0.05) is 30.7 Å². The zero-order valence-corrected chi connectivity index (χ0v) is 10.5. The number of benzene rings is 1. The molecule has 4 heteroatoms. The minimum Gasteiger partial charge on any atom is -0.480 e. The number of likely N-dealkylation sites (N-methyl/N-ethyl adjacent to an activating group) is 1. The van der Waals surface area contributed by atoms with Crippen molar-refractivity contribution in [2.45, 2.75) is 18.9 Å². The lowest BCUT2D eigenvalue weighted by atomic mass is 9.86. The number of carboxylic acid groups (broad SMARTS) is 1. The number of rotatable bonds is 4. The SMILES string of the molecule is CCC(C(=O)O)(c1ccc(Cl)cc1)N(C)C. The van der Waals surface area contributed by atoms with Crippen LogP contribution in [-0.2, 0) is 10.3 Å². The Kier molecular flexibility index (Phi) is 3.94. The average molecular weight is 242 g/mol. The number of hydrogen-bond donors (Lipinski definition) is 1. The van der Waals surface area contributed by atoms with Crippen molar-refractivity contribution >= 4 is 17.6 Å². The zero-order valence-electron chi connectivity index (χ0n) is 9.70. The molecule has 0 saturated heterocycles. The summed E-state index contributed by atoms with van der Waals surface area (Å²) >= 11 is 5.80. The summed E-state index contributed by atoms with van der Waals surface area (Å²) < 4.78 is 0. The normalized spacial score (nSPS) is 14.8. The number of nitrogens with zero attached hydrogens (tertiary/aromatic N) is 1. The third kappa shape index (κ3) is 2.06. The predicted octanol–water partition coefficient (Wildman–Crippen LogP) is 2.59. The number of halogens is 1. The lowest BCUT2D eigenvalue weighted by molar-refractivity contribution is -0.151. The van der Waals surface area contributed by atoms with Gasteiger partial charge >= 0.3 is 5.97 Å². The maximum Gasteiger partial charge on any atom is 0.328 e. The molecule has 0 aliphatic rings. The van der Waals surface area contributed by atoms with Crippen LogP contribution in [0.5, 0.6) is 0 Å². The summed E-state index contributed by atoms with van der Waals surface area (Å²) in [6.45, 7) is 1.86. The minimum atomic E-state index is -0.982. The summed E-state index contributed by atoms with van der Waals surface area (Å²) in [7, 11) is 3.54. The minimum absolute atomic E-state index is 0.497. The van der Waals surface area contributed by atoms with Gasteiger partial charge in [0, 0.05) is 5.02 Å². The fraction of sp³-hybridized carbons (Fsp3) is 0.417. The Labute approximate surface area is 101 Å². The highest BCUT2D eigenvalue weighted by atomic mass is 35.5. The summed E-state index contributed by atoms with van der Waals surface area (Å²) in [5.41, 5.74) is -0.234. The molecule has 1 rings (SSSR count). The Hall–Kier alpha value is -1.06. The Morgan fingerprint density at radius 3 is 2.19 bits per heavy atom. The van der Waals surface area contributed by atoms with Crippen LogP contribution in [0.3, 0.4) is 0 Å². The Bertz CT molecular complexity index is 375. The van der Waals surface area contributed by atoms with Crippen LogP contribution in [0.15, 0.2) is 24.3 Å². The Morgan fingerprint density at radius 2 is 1.88 bits per heavy atom. The first-order chi connectivity index (χ1) is 7.45. The summed E-state index contributed by atoms with van der Waals surface area (Å²) in [4.78, 5) is 13.2. The van der Waals surface area contributed by atoms with Crippen molar-refractivity contribution in [3.8, 4) is 0 Å². The van der Waals surface area contributed by atoms with E-state index in [9.17, 15) is 9.90 Å². The van der Waals surface area contributed by atoms with Crippen molar-refractivity contribution < 1.29 is 9.90 Å². The lowest BCUT2D eigenvalue weighted by Crippen LogP contribution is -2.47. The first kappa shape index (κ1) is 13.0. The zero-order chi connectivity index (χ0) is 12.3. The van der Waals surface area contributed by atoms with Crippen LogP contribution >= 0.6 is 11.6 Å². The van der Waals surface area contributed by atoms with Gasteiger partial charge in [-0.25, -0.2) is 4.79 Å². The smallest absolute Gasteiger partial charge is 0.328 e. The summed E-state index contributed by atoms with van der Waals surface area (Å²) in [6, 6.07) is 6.96. The summed E-state index contributed by atoms with van der Waals surface area (Å²) in [5.74, 6) is -0.845. The molecular weight excluding hydrogens is 226 g/mol. The molecule has 0 fully saturated rings. The molecule has 0 radical (unpaired) electrons. The van der Waals surface area contributed by atoms with Crippen LogP contribution in [0.4, 0.5) is 0 Å². The molecule has 3 nitrogen and oxygen atoms in total. The monoisotopic (exact) mass is 241 g/mol. The molecule has 0 saturated carbocycles. The van der Waals surface area contributed by atoms with Crippen LogP contribution in [0.2, 0.25) is 5.02 Å². The van der Waals surface area contributed by atoms with Gasteiger partial charge in [0.05, 0.1) is 0 Å². The Balaban J connectivity index is 3.30. The van der Waals surface area contributed by atoms with Crippen molar-refractivity contribution in [2.75, 3.05) is 14.1 Å². The average Bonchev–Trinajstić information content (AvgIpc) is 2.21. The molecule has 88 valence electrons. The molecule has 1 N–H and O–H groups in total. The fourth-order valence-electron chi connectivity index (χ4n) is 1.97. The number of carboxylic acids is 1. The van der Waals surface area contributed by atoms with Crippen LogP contribution in [0.25, 0.3) is 0 Å². The van der Waals surface area contributed by atoms with E-state index < -0.39 is 11.5 Å². The van der Waals surface area contributed by atoms with Gasteiger partial charge in [0.25, 0.3) is 0 Å². The quantitative estimate of drug-likeness (QED) is 0.881. The Morgan fingerprint density at radius 1 is 1.38 bits per heavy atom. The highest BCUT2D eigenvalue weighted by molar-refractivity contribution is 6.30. The largest absolute Gasteiger partial charge is 0.480 e. The summed E-state index contributed by atoms with van der Waals surface area (Å²) in [5, 5.41) is 10.1. The summed E-state index contributed by atoms with van der Waals surface area (Å²) in [6.07, 6.45) is 0.497. The van der Waals surface area contributed by atoms with Gasteiger partial charge in [0.1, 0.15) is 5.54 Å². The van der Waals surface area contributed by atoms with Gasteiger partial charge in [-0.3, -0.25) is 4.90 Å². The molecular formula is C12H16ClNO2. The highest BCUT2D eigenvalue weighted by Gasteiger charge is 2.40. The van der Waals surface area contributed by atoms with Crippen molar-refractivity contribution in [1.29, 1.82) is 0 Å². The van der Waals surface area contributed by atoms with Gasteiger partial charge < -0.3 is 5.11 Å². The lowest BCUT2D eigenvalue weighted by Gasteiger charge is -2.35. The second kappa shape index (κ2) is 4.85. The van der Waals surface area contributed by atoms with Gasteiger partial charge in [0.15, 0.2) is 0 Å². The number of carbonyl (C=O) groups is 1. The van der Waals surface area contributed by atoms with Crippen molar-refractivity contribution in [2.24, 2.45) is 0 Å². The van der Waals surface area contributed by atoms with Gasteiger partial charge in [0.2, 0.25) is 0 Å². The van der Waals surface area contributed by atoms with Gasteiger partial charge in [-0.15, -0.1) is 0 Å². The molecule has 1 aromatic rings. The standard InChI is InChI=1S/C12H16ClNO2/c1-4-12(11(15)16,14(2)3)9-5-7-10(13)8-6-9/h5-8H,4H2,1-3H3,(H,15,16). The van der Waals surface area contributed by atoms with Gasteiger partial charge in [-0.2, -0.15) is 0 Å². The first-order valence-corrected chi connectivity index (χ1v) is 5.49. The molecule has 0 aliphatic heterocycles. The molecule has 16 heavy (non-hydrogen) atoms. The third-order valence-electron chi connectivity index (χ3n) is 2.95. The highest BCUT2D eigenvalue weighted by Crippen LogP contribution is 2.31. The molecule has 1 atom stereocenters. The molecule has 0 heterocycles. The van der Waals surface area contributed by atoms with Gasteiger partial charge in [-0.05, 0) is 38.2 Å². The maximum absolute atomic E-state index is 11.5. The second-order valence-electron chi connectivity index (χ2n) is 3.92. The first-order valence-electron chi connectivity index (χ1n) is 5.12. The van der Waals surface area contributed by atoms with E-state index in [-0.39, 0.29) is 0 Å². The molecule has 0 amide bonds. The van der Waals surface area contributed by atoms with Crippen molar-refractivity contribution in [3.63, 3.8) is 0 Å². The van der Waals surface area contributed by atoms with Crippen LogP contribution in [0.1, 0.15) is 18.9 Å². The van der Waals surface area contributed by atoms with E-state index in [1.54, 1.807) is 43.3 Å². The molecule has 1 aromatic carbocycles. The molecule has 0 aromatic heterocycles. The van der Waals surface area contributed by atoms with Crippen LogP contribution < -0.4 is 0 Å². The molecule has 0 spiro atoms. The number of hydrogen-bond acceptors (Lipinski definition) is 2. The van der Waals surface area contributed by atoms with E-state index in [1.165, 1.54) is 0 Å². The topological polar surface area (TPSA) is 40.5 Å². The third-order valence-corrected chi connectivity index (χ3v) is 3.20. The van der Waals surface area contributed by atoms with Crippen LogP contribution in [0, 0.1) is 0 Å². The van der Waals surface area contributed by atoms with Crippen LogP contribution in [-0.4, -0.2) is 30.1 Å². The molecule has 1 unspecified atom stereocenters. The maximum atomic E-state index is 11.5. The van der Waals surface area contributed by atoms with Crippen molar-refractivity contribution in [1.82, 2.24) is 4.90 Å². The van der Waals surface area contributed by atoms with E-state index in [0.29, 0.717) is 11.4 Å². The van der Waals surface area contributed by atoms with Crippen molar-refractivity contribution in [3.05, 3.63) is 34.9 Å². The van der Waals surface area contributed by atoms with E-state index in [0.717, 1.165) is 5.56 Å². The van der Waals surface area contributed by atoms with E-state index in [1.807, 2.05) is 6.92 Å². The predicted molar refractivity (Wildman–Crippen MR) is 64.7 cm³/mol. The van der Waals surface area contributed by atoms with E-state index in [2.05, 4.69) is 0 Å². The fourth-order valence-corrected chi connectivity index (χ4v) is 2.10. The molecule has 0 aliphatic carbocycles. The van der Waals surface area contributed by atoms with E-state index >= 15 is 0 Å². The van der Waals surface area contributed by atoms with E-state index in [4.69, 9.17) is 11.6 Å². The number of aliphatic carboxylic acids is 1.